The molecule has 0 unspecified atom stereocenters. The lowest BCUT2D eigenvalue weighted by molar-refractivity contribution is 0.415. The van der Waals surface area contributed by atoms with Crippen LogP contribution < -0.4 is 9.64 Å². The molecular weight excluding hydrogens is 490 g/mol. The van der Waals surface area contributed by atoms with Gasteiger partial charge in [-0.2, -0.15) is 0 Å². The first-order valence-corrected chi connectivity index (χ1v) is 13.4. The Morgan fingerprint density at radius 2 is 1.02 bits per heavy atom. The summed E-state index contributed by atoms with van der Waals surface area (Å²) in [5, 5.41) is 2.19. The fourth-order valence-electron chi connectivity index (χ4n) is 5.50. The molecule has 0 saturated heterocycles. The maximum absolute atomic E-state index is 6.82. The van der Waals surface area contributed by atoms with E-state index in [1.54, 1.807) is 7.11 Å². The first-order valence-electron chi connectivity index (χ1n) is 13.4. The lowest BCUT2D eigenvalue weighted by Gasteiger charge is -2.28. The molecule has 0 atom stereocenters. The first kappa shape index (κ1) is 23.8. The standard InChI is InChI=1S/C37H27NO2/c1-39-29-24-22-28(23-25-29)38(34-20-9-8-16-30(34)26-12-4-2-5-13-26)35-21-11-19-33-32-18-10-17-31(36(32)40-37(33)35)27-14-6-3-7-15-27/h2-25H,1H3. The molecule has 3 heteroatoms. The van der Waals surface area contributed by atoms with E-state index in [0.717, 1.165) is 67.0 Å². The van der Waals surface area contributed by atoms with E-state index in [1.807, 2.05) is 24.3 Å². The number of hydrogen-bond acceptors (Lipinski definition) is 3. The summed E-state index contributed by atoms with van der Waals surface area (Å²) in [6, 6.07) is 50.4. The highest BCUT2D eigenvalue weighted by Crippen LogP contribution is 2.46. The maximum Gasteiger partial charge on any atom is 0.159 e. The molecule has 0 radical (unpaired) electrons. The summed E-state index contributed by atoms with van der Waals surface area (Å²) in [7, 11) is 1.69. The summed E-state index contributed by atoms with van der Waals surface area (Å²) in [6.07, 6.45) is 0. The van der Waals surface area contributed by atoms with Gasteiger partial charge in [-0.15, -0.1) is 0 Å². The Bertz CT molecular complexity index is 1920. The Morgan fingerprint density at radius 3 is 1.73 bits per heavy atom. The number of benzene rings is 6. The molecule has 0 bridgehead atoms. The topological polar surface area (TPSA) is 25.6 Å². The first-order chi connectivity index (χ1) is 19.8. The molecule has 7 aromatic rings. The average Bonchev–Trinajstić information content (AvgIpc) is 3.42. The smallest absolute Gasteiger partial charge is 0.159 e. The number of rotatable bonds is 6. The van der Waals surface area contributed by atoms with Crippen molar-refractivity contribution in [1.82, 2.24) is 0 Å². The monoisotopic (exact) mass is 517 g/mol. The molecule has 7 rings (SSSR count). The lowest BCUT2D eigenvalue weighted by atomic mass is 10.0. The van der Waals surface area contributed by atoms with Crippen molar-refractivity contribution in [1.29, 1.82) is 0 Å². The molecule has 0 aliphatic heterocycles. The van der Waals surface area contributed by atoms with Gasteiger partial charge in [-0.3, -0.25) is 0 Å². The van der Waals surface area contributed by atoms with E-state index in [2.05, 4.69) is 126 Å². The van der Waals surface area contributed by atoms with Gasteiger partial charge in [-0.25, -0.2) is 0 Å². The van der Waals surface area contributed by atoms with Crippen LogP contribution in [0.1, 0.15) is 0 Å². The number of ether oxygens (including phenoxy) is 1. The van der Waals surface area contributed by atoms with Crippen LogP contribution in [-0.2, 0) is 0 Å². The van der Waals surface area contributed by atoms with Crippen molar-refractivity contribution in [3.05, 3.63) is 146 Å². The van der Waals surface area contributed by atoms with Crippen molar-refractivity contribution < 1.29 is 9.15 Å². The van der Waals surface area contributed by atoms with Gasteiger partial charge in [-0.1, -0.05) is 109 Å². The van der Waals surface area contributed by atoms with Gasteiger partial charge in [0.25, 0.3) is 0 Å². The molecule has 192 valence electrons. The third kappa shape index (κ3) is 4.09. The van der Waals surface area contributed by atoms with E-state index in [1.165, 1.54) is 0 Å². The van der Waals surface area contributed by atoms with E-state index < -0.39 is 0 Å². The summed E-state index contributed by atoms with van der Waals surface area (Å²) in [6.45, 7) is 0. The predicted molar refractivity (Wildman–Crippen MR) is 166 cm³/mol. The van der Waals surface area contributed by atoms with E-state index >= 15 is 0 Å². The largest absolute Gasteiger partial charge is 0.497 e. The number of hydrogen-bond donors (Lipinski definition) is 0. The number of nitrogens with zero attached hydrogens (tertiary/aromatic N) is 1. The van der Waals surface area contributed by atoms with Crippen LogP contribution >= 0.6 is 0 Å². The van der Waals surface area contributed by atoms with Crippen LogP contribution in [-0.4, -0.2) is 7.11 Å². The van der Waals surface area contributed by atoms with Crippen LogP contribution in [0.2, 0.25) is 0 Å². The molecule has 0 aliphatic rings. The zero-order chi connectivity index (χ0) is 26.9. The van der Waals surface area contributed by atoms with Crippen LogP contribution in [0, 0.1) is 0 Å². The number of anilines is 3. The second-order valence-corrected chi connectivity index (χ2v) is 9.72. The number of methoxy groups -OCH3 is 1. The van der Waals surface area contributed by atoms with Gasteiger partial charge in [0.05, 0.1) is 18.5 Å². The zero-order valence-corrected chi connectivity index (χ0v) is 22.1. The van der Waals surface area contributed by atoms with Crippen molar-refractivity contribution in [3.63, 3.8) is 0 Å². The maximum atomic E-state index is 6.82. The number of fused-ring (bicyclic) bond motifs is 3. The van der Waals surface area contributed by atoms with Gasteiger partial charge >= 0.3 is 0 Å². The molecule has 0 amide bonds. The van der Waals surface area contributed by atoms with Crippen molar-refractivity contribution in [2.24, 2.45) is 0 Å². The molecule has 1 heterocycles. The highest BCUT2D eigenvalue weighted by molar-refractivity contribution is 6.13. The zero-order valence-electron chi connectivity index (χ0n) is 22.1. The Morgan fingerprint density at radius 1 is 0.475 bits per heavy atom. The Hall–Kier alpha value is -5.28. The van der Waals surface area contributed by atoms with Gasteiger partial charge in [-0.05, 0) is 47.5 Å². The minimum atomic E-state index is 0.814. The Balaban J connectivity index is 1.51. The van der Waals surface area contributed by atoms with Crippen LogP contribution in [0.5, 0.6) is 5.75 Å². The van der Waals surface area contributed by atoms with Gasteiger partial charge < -0.3 is 14.1 Å². The molecule has 40 heavy (non-hydrogen) atoms. The fraction of sp³-hybridized carbons (Fsp3) is 0.0270. The van der Waals surface area contributed by atoms with E-state index in [9.17, 15) is 0 Å². The van der Waals surface area contributed by atoms with Gasteiger partial charge in [0, 0.05) is 27.6 Å². The minimum absolute atomic E-state index is 0.814. The molecule has 0 saturated carbocycles. The normalized spacial score (nSPS) is 11.1. The molecule has 0 fully saturated rings. The van der Waals surface area contributed by atoms with Crippen LogP contribution in [0.3, 0.4) is 0 Å². The van der Waals surface area contributed by atoms with E-state index in [0.29, 0.717) is 0 Å². The lowest BCUT2D eigenvalue weighted by Crippen LogP contribution is -2.11. The third-order valence-electron chi connectivity index (χ3n) is 7.39. The molecule has 0 spiro atoms. The summed E-state index contributed by atoms with van der Waals surface area (Å²) in [5.41, 5.74) is 9.30. The van der Waals surface area contributed by atoms with Gasteiger partial charge in [0.2, 0.25) is 0 Å². The second-order valence-electron chi connectivity index (χ2n) is 9.72. The molecule has 0 aliphatic carbocycles. The third-order valence-corrected chi connectivity index (χ3v) is 7.39. The number of para-hydroxylation sites is 3. The Kier molecular flexibility index (Phi) is 6.02. The number of furan rings is 1. The molecule has 3 nitrogen and oxygen atoms in total. The van der Waals surface area contributed by atoms with Crippen molar-refractivity contribution >= 4 is 39.0 Å². The molecule has 0 N–H and O–H groups in total. The van der Waals surface area contributed by atoms with Gasteiger partial charge in [0.1, 0.15) is 11.3 Å². The van der Waals surface area contributed by atoms with E-state index in [-0.39, 0.29) is 0 Å². The summed E-state index contributed by atoms with van der Waals surface area (Å²) < 4.78 is 12.3. The van der Waals surface area contributed by atoms with Crippen molar-refractivity contribution in [2.75, 3.05) is 12.0 Å². The predicted octanol–water partition coefficient (Wildman–Crippen LogP) is 10.4. The fourth-order valence-corrected chi connectivity index (χ4v) is 5.50. The molecule has 6 aromatic carbocycles. The van der Waals surface area contributed by atoms with Crippen LogP contribution in [0.25, 0.3) is 44.2 Å². The highest BCUT2D eigenvalue weighted by Gasteiger charge is 2.22. The second kappa shape index (κ2) is 10.1. The Labute approximate surface area is 233 Å². The molecule has 1 aromatic heterocycles. The van der Waals surface area contributed by atoms with Gasteiger partial charge in [0.15, 0.2) is 5.58 Å². The van der Waals surface area contributed by atoms with E-state index in [4.69, 9.17) is 9.15 Å². The van der Waals surface area contributed by atoms with Crippen LogP contribution in [0.4, 0.5) is 17.1 Å². The quantitative estimate of drug-likeness (QED) is 0.219. The van der Waals surface area contributed by atoms with Crippen molar-refractivity contribution in [3.8, 4) is 28.0 Å². The molecular formula is C37H27NO2. The highest BCUT2D eigenvalue weighted by atomic mass is 16.5. The average molecular weight is 518 g/mol. The summed E-state index contributed by atoms with van der Waals surface area (Å²) >= 11 is 0. The minimum Gasteiger partial charge on any atom is -0.497 e. The van der Waals surface area contributed by atoms with Crippen LogP contribution in [0.15, 0.2) is 150 Å². The summed E-state index contributed by atoms with van der Waals surface area (Å²) in [4.78, 5) is 2.29. The SMILES string of the molecule is COc1ccc(N(c2ccccc2-c2ccccc2)c2cccc3c2oc2c(-c4ccccc4)cccc23)cc1. The van der Waals surface area contributed by atoms with Crippen molar-refractivity contribution in [2.45, 2.75) is 0 Å². The summed E-state index contributed by atoms with van der Waals surface area (Å²) in [5.74, 6) is 0.814.